The van der Waals surface area contributed by atoms with E-state index in [1.165, 1.54) is 20.8 Å². The van der Waals surface area contributed by atoms with Crippen molar-refractivity contribution in [3.05, 3.63) is 34.5 Å². The van der Waals surface area contributed by atoms with Crippen molar-refractivity contribution in [3.8, 4) is 0 Å². The molecule has 0 rings (SSSR count). The monoisotopic (exact) mass is 470 g/mol. The molecule has 15 heteroatoms. The number of rotatable bonds is 12. The SMILES string of the molecule is CCOP(=O)(C=CP(O)(C=CP(=O)(O)O)(C=CS(=O)(=O)O)OCC)OCC. The molecule has 27 heavy (non-hydrogen) atoms. The average Bonchev–Trinajstić information content (AvgIpc) is 2.50. The Hall–Kier alpha value is -0.220. The quantitative estimate of drug-likeness (QED) is 0.243. The van der Waals surface area contributed by atoms with E-state index in [0.29, 0.717) is 17.5 Å². The van der Waals surface area contributed by atoms with Gasteiger partial charge in [0.25, 0.3) is 0 Å². The molecule has 0 aromatic rings. The van der Waals surface area contributed by atoms with Crippen LogP contribution in [0.15, 0.2) is 34.5 Å². The second kappa shape index (κ2) is 10.0. The number of hydrogen-bond donors (Lipinski definition) is 4. The Morgan fingerprint density at radius 2 is 1.41 bits per heavy atom. The van der Waals surface area contributed by atoms with Gasteiger partial charge in [0.05, 0.1) is 0 Å². The summed E-state index contributed by atoms with van der Waals surface area (Å²) in [6.07, 6.45) is 0. The predicted octanol–water partition coefficient (Wildman–Crippen LogP) is 3.14. The molecule has 0 unspecified atom stereocenters. The van der Waals surface area contributed by atoms with E-state index in [1.54, 1.807) is 0 Å². The topological polar surface area (TPSA) is 177 Å². The molecule has 0 aromatic heterocycles. The van der Waals surface area contributed by atoms with Gasteiger partial charge in [-0.05, 0) is 0 Å². The standard InChI is InChI=1S/C12H25O11P3S/c1-4-21-25(16,22-5-2)8-10-26(17,23-6-3,9-7-24(13,14)15)11-12-27(18,19)20/h7-12,17H,4-6H2,1-3H3,(H2,13,14,15)(H,18,19,20). The molecule has 160 valence electrons. The van der Waals surface area contributed by atoms with E-state index in [1.807, 2.05) is 0 Å². The minimum atomic E-state index is -5.08. The van der Waals surface area contributed by atoms with Crippen molar-refractivity contribution in [2.45, 2.75) is 20.8 Å². The molecule has 0 atom stereocenters. The summed E-state index contributed by atoms with van der Waals surface area (Å²) in [5.74, 6) is 3.01. The van der Waals surface area contributed by atoms with Gasteiger partial charge in [-0.2, -0.15) is 0 Å². The van der Waals surface area contributed by atoms with Crippen LogP contribution in [0, 0.1) is 0 Å². The van der Waals surface area contributed by atoms with Crippen LogP contribution in [0.1, 0.15) is 20.8 Å². The van der Waals surface area contributed by atoms with Gasteiger partial charge in [0, 0.05) is 0 Å². The van der Waals surface area contributed by atoms with E-state index < -0.39 is 32.4 Å². The third-order valence-electron chi connectivity index (χ3n) is 2.67. The number of hydrogen-bond acceptors (Lipinski definition) is 8. The summed E-state index contributed by atoms with van der Waals surface area (Å²) in [6.45, 7) is 4.23. The summed E-state index contributed by atoms with van der Waals surface area (Å²) in [7, 11) is -18.5. The first-order chi connectivity index (χ1) is 12.1. The van der Waals surface area contributed by atoms with Crippen molar-refractivity contribution in [3.63, 3.8) is 0 Å². The Labute approximate surface area is 158 Å². The first-order valence-corrected chi connectivity index (χ1v) is 14.7. The molecular formula is C12H25O11P3S. The second-order valence-corrected chi connectivity index (χ2v) is 13.2. The van der Waals surface area contributed by atoms with Crippen LogP contribution >= 0.6 is 22.2 Å². The van der Waals surface area contributed by atoms with E-state index >= 15 is 0 Å². The molecule has 0 spiro atoms. The van der Waals surface area contributed by atoms with Crippen molar-refractivity contribution in [1.82, 2.24) is 0 Å². The van der Waals surface area contributed by atoms with Crippen LogP contribution in [0.4, 0.5) is 0 Å². The van der Waals surface area contributed by atoms with Gasteiger partial charge in [0.1, 0.15) is 0 Å². The van der Waals surface area contributed by atoms with Gasteiger partial charge in [-0.15, -0.1) is 0 Å². The molecule has 0 bridgehead atoms. The summed E-state index contributed by atoms with van der Waals surface area (Å²) in [4.78, 5) is 29.2. The van der Waals surface area contributed by atoms with Gasteiger partial charge in [-0.25, -0.2) is 0 Å². The summed E-state index contributed by atoms with van der Waals surface area (Å²) in [5, 5.41) is 0.196. The zero-order valence-corrected chi connectivity index (χ0v) is 18.5. The normalized spacial score (nSPS) is 16.3. The van der Waals surface area contributed by atoms with Crippen molar-refractivity contribution < 1.29 is 50.4 Å². The van der Waals surface area contributed by atoms with Gasteiger partial charge in [-0.3, -0.25) is 0 Å². The van der Waals surface area contributed by atoms with Crippen molar-refractivity contribution in [1.29, 1.82) is 0 Å². The van der Waals surface area contributed by atoms with Crippen molar-refractivity contribution in [2.24, 2.45) is 0 Å². The van der Waals surface area contributed by atoms with E-state index in [2.05, 4.69) is 0 Å². The molecule has 0 saturated heterocycles. The van der Waals surface area contributed by atoms with Gasteiger partial charge < -0.3 is 0 Å². The van der Waals surface area contributed by atoms with Crippen LogP contribution in [-0.2, 0) is 32.8 Å². The van der Waals surface area contributed by atoms with Gasteiger partial charge in [0.15, 0.2) is 0 Å². The predicted molar refractivity (Wildman–Crippen MR) is 103 cm³/mol. The van der Waals surface area contributed by atoms with Crippen LogP contribution in [0.5, 0.6) is 0 Å². The van der Waals surface area contributed by atoms with Gasteiger partial charge in [0.2, 0.25) is 0 Å². The Bertz CT molecular complexity index is 774. The molecule has 0 saturated carbocycles. The third kappa shape index (κ3) is 10.8. The Balaban J connectivity index is 6.58. The van der Waals surface area contributed by atoms with Crippen LogP contribution in [0.25, 0.3) is 0 Å². The molecule has 0 radical (unpaired) electrons. The molecule has 0 aliphatic rings. The molecule has 0 fully saturated rings. The zero-order valence-electron chi connectivity index (χ0n) is 15.0. The minimum absolute atomic E-state index is 0.0170. The molecule has 0 aliphatic heterocycles. The van der Waals surface area contributed by atoms with Gasteiger partial charge in [-0.1, -0.05) is 0 Å². The molecule has 4 N–H and O–H groups in total. The summed E-state index contributed by atoms with van der Waals surface area (Å²) < 4.78 is 70.0. The van der Waals surface area contributed by atoms with E-state index in [9.17, 15) is 22.4 Å². The third-order valence-corrected chi connectivity index (χ3v) is 9.18. The summed E-state index contributed by atoms with van der Waals surface area (Å²) in [6, 6.07) is 0. The fourth-order valence-corrected chi connectivity index (χ4v) is 8.85. The maximum absolute atomic E-state index is 12.6. The van der Waals surface area contributed by atoms with Crippen LogP contribution in [-0.4, -0.2) is 47.5 Å². The first kappa shape index (κ1) is 26.8. The summed E-state index contributed by atoms with van der Waals surface area (Å²) >= 11 is 0. The van der Waals surface area contributed by atoms with Crippen molar-refractivity contribution >= 4 is 32.4 Å². The molecule has 0 aromatic carbocycles. The molecule has 0 heterocycles. The Morgan fingerprint density at radius 3 is 1.78 bits per heavy atom. The van der Waals surface area contributed by atoms with Crippen LogP contribution in [0.2, 0.25) is 0 Å². The summed E-state index contributed by atoms with van der Waals surface area (Å²) in [5.41, 5.74) is 0. The fraction of sp³-hybridized carbons (Fsp3) is 0.500. The maximum atomic E-state index is 12.6. The fourth-order valence-electron chi connectivity index (χ4n) is 1.68. The second-order valence-electron chi connectivity index (χ2n) is 4.97. The molecule has 0 amide bonds. The van der Waals surface area contributed by atoms with Crippen molar-refractivity contribution in [2.75, 3.05) is 19.8 Å². The molecular weight excluding hydrogens is 445 g/mol. The molecule has 0 aliphatic carbocycles. The van der Waals surface area contributed by atoms with Gasteiger partial charge >= 0.3 is 158 Å². The Morgan fingerprint density at radius 1 is 0.926 bits per heavy atom. The molecule has 11 nitrogen and oxygen atoms in total. The zero-order chi connectivity index (χ0) is 21.4. The van der Waals surface area contributed by atoms with E-state index in [4.69, 9.17) is 27.9 Å². The van der Waals surface area contributed by atoms with Crippen LogP contribution in [0.3, 0.4) is 0 Å². The van der Waals surface area contributed by atoms with E-state index in [-0.39, 0.29) is 25.2 Å². The Kier molecular flexibility index (Phi) is 9.92. The first-order valence-electron chi connectivity index (χ1n) is 7.54. The van der Waals surface area contributed by atoms with E-state index in [0.717, 1.165) is 11.6 Å². The average molecular weight is 470 g/mol. The van der Waals surface area contributed by atoms with Crippen LogP contribution < -0.4 is 0 Å².